The summed E-state index contributed by atoms with van der Waals surface area (Å²) in [7, 11) is 0. The van der Waals surface area contributed by atoms with Gasteiger partial charge < -0.3 is 4.90 Å². The number of rotatable bonds is 5. The van der Waals surface area contributed by atoms with E-state index in [0.717, 1.165) is 16.7 Å². The van der Waals surface area contributed by atoms with Gasteiger partial charge in [0, 0.05) is 34.4 Å². The Kier molecular flexibility index (Phi) is 7.15. The van der Waals surface area contributed by atoms with E-state index in [1.165, 1.54) is 39.8 Å². The molecule has 0 aliphatic carbocycles. The maximum absolute atomic E-state index is 13.2. The topological polar surface area (TPSA) is 35.9 Å². The first-order valence-corrected chi connectivity index (χ1v) is 14.2. The summed E-state index contributed by atoms with van der Waals surface area (Å²) in [5.74, 6) is 0.00272. The molecule has 0 bridgehead atoms. The van der Waals surface area contributed by atoms with Crippen molar-refractivity contribution in [3.05, 3.63) is 106 Å². The van der Waals surface area contributed by atoms with Crippen molar-refractivity contribution in [2.45, 2.75) is 33.1 Å². The first kappa shape index (κ1) is 25.6. The number of allylic oxidation sites excluding steroid dienone is 3. The Morgan fingerprint density at radius 3 is 2.27 bits per heavy atom. The predicted octanol–water partition coefficient (Wildman–Crippen LogP) is 8.28. The van der Waals surface area contributed by atoms with Crippen LogP contribution in [-0.2, 0) is 10.2 Å². The number of nitrogens with zero attached hydrogens (tertiary/aromatic N) is 3. The van der Waals surface area contributed by atoms with Crippen molar-refractivity contribution in [3.8, 4) is 11.1 Å². The van der Waals surface area contributed by atoms with Gasteiger partial charge in [-0.15, -0.1) is 0 Å². The normalized spacial score (nSPS) is 19.9. The quantitative estimate of drug-likeness (QED) is 0.289. The molecule has 6 heteroatoms. The van der Waals surface area contributed by atoms with Crippen LogP contribution in [0.25, 0.3) is 11.1 Å². The van der Waals surface area contributed by atoms with E-state index < -0.39 is 0 Å². The summed E-state index contributed by atoms with van der Waals surface area (Å²) >= 11 is 4.90. The number of thioether (sulfide) groups is 1. The van der Waals surface area contributed by atoms with Gasteiger partial charge in [-0.3, -0.25) is 9.69 Å². The van der Waals surface area contributed by atoms with Crippen LogP contribution in [0.2, 0.25) is 0 Å². The first-order valence-electron chi connectivity index (χ1n) is 12.6. The molecule has 0 radical (unpaired) electrons. The standard InChI is InChI=1S/C31H30BrN3OS/c1-5-34-26-17-12-22(21-10-8-7-9-11-21)20-25(26)31(3,4)28(34)19-18-27-29(36)35(6-2)30(37-27)33-24-15-13-23(32)14-16-24/h7-20H,5-6H2,1-4H3/b27-18-,28-19+,33-30?. The SMILES string of the molecule is CCN1C(=O)/C(=C/C=C2/N(CC)c3ccc(-c4ccccc4)cc3C2(C)C)SC1=Nc1ccc(Br)cc1. The molecule has 2 aliphatic heterocycles. The third-order valence-corrected chi connectivity index (χ3v) is 8.52. The van der Waals surface area contributed by atoms with Crippen molar-refractivity contribution in [3.63, 3.8) is 0 Å². The van der Waals surface area contributed by atoms with Crippen LogP contribution in [0.4, 0.5) is 11.4 Å². The first-order chi connectivity index (χ1) is 17.8. The van der Waals surface area contributed by atoms with Gasteiger partial charge >= 0.3 is 0 Å². The van der Waals surface area contributed by atoms with Gasteiger partial charge in [0.2, 0.25) is 0 Å². The maximum atomic E-state index is 13.2. The number of fused-ring (bicyclic) bond motifs is 1. The molecule has 3 aromatic carbocycles. The van der Waals surface area contributed by atoms with E-state index in [0.29, 0.717) is 16.6 Å². The van der Waals surface area contributed by atoms with Crippen LogP contribution < -0.4 is 4.90 Å². The molecular weight excluding hydrogens is 542 g/mol. The molecule has 0 spiro atoms. The predicted molar refractivity (Wildman–Crippen MR) is 160 cm³/mol. The Morgan fingerprint density at radius 1 is 0.892 bits per heavy atom. The average Bonchev–Trinajstić information content (AvgIpc) is 3.32. The maximum Gasteiger partial charge on any atom is 0.266 e. The average molecular weight is 573 g/mol. The van der Waals surface area contributed by atoms with Crippen LogP contribution in [0, 0.1) is 0 Å². The molecule has 1 saturated heterocycles. The summed E-state index contributed by atoms with van der Waals surface area (Å²) in [6.07, 6.45) is 4.10. The molecule has 0 unspecified atom stereocenters. The summed E-state index contributed by atoms with van der Waals surface area (Å²) < 4.78 is 1.00. The molecular formula is C31H30BrN3OS. The third kappa shape index (κ3) is 4.80. The van der Waals surface area contributed by atoms with Crippen molar-refractivity contribution >= 4 is 50.1 Å². The zero-order valence-corrected chi connectivity index (χ0v) is 23.9. The number of amidine groups is 1. The van der Waals surface area contributed by atoms with Crippen LogP contribution in [0.1, 0.15) is 33.3 Å². The minimum atomic E-state index is -0.196. The molecule has 2 heterocycles. The van der Waals surface area contributed by atoms with Crippen LogP contribution in [0.5, 0.6) is 0 Å². The lowest BCUT2D eigenvalue weighted by atomic mass is 9.82. The van der Waals surface area contributed by atoms with Crippen LogP contribution in [0.15, 0.2) is 105 Å². The minimum absolute atomic E-state index is 0.00272. The largest absolute Gasteiger partial charge is 0.344 e. The van der Waals surface area contributed by atoms with Gasteiger partial charge in [-0.25, -0.2) is 4.99 Å². The summed E-state index contributed by atoms with van der Waals surface area (Å²) in [5, 5.41) is 0.716. The molecule has 0 saturated carbocycles. The van der Waals surface area contributed by atoms with Crippen molar-refractivity contribution in [2.75, 3.05) is 18.0 Å². The highest BCUT2D eigenvalue weighted by molar-refractivity contribution is 9.10. The molecule has 1 fully saturated rings. The van der Waals surface area contributed by atoms with E-state index in [1.54, 1.807) is 4.90 Å². The van der Waals surface area contributed by atoms with Crippen LogP contribution >= 0.6 is 27.7 Å². The van der Waals surface area contributed by atoms with E-state index in [2.05, 4.69) is 90.1 Å². The summed E-state index contributed by atoms with van der Waals surface area (Å²) in [4.78, 5) is 22.8. The number of carbonyl (C=O) groups excluding carboxylic acids is 1. The van der Waals surface area contributed by atoms with E-state index in [9.17, 15) is 4.79 Å². The lowest BCUT2D eigenvalue weighted by Crippen LogP contribution is -2.28. The number of anilines is 1. The fraction of sp³-hybridized carbons (Fsp3) is 0.226. The van der Waals surface area contributed by atoms with Gasteiger partial charge in [0.05, 0.1) is 10.6 Å². The molecule has 5 rings (SSSR count). The minimum Gasteiger partial charge on any atom is -0.344 e. The van der Waals surface area contributed by atoms with Gasteiger partial charge in [-0.2, -0.15) is 0 Å². The molecule has 1 amide bonds. The van der Waals surface area contributed by atoms with E-state index in [4.69, 9.17) is 4.99 Å². The zero-order chi connectivity index (χ0) is 26.2. The van der Waals surface area contributed by atoms with Crippen molar-refractivity contribution in [1.82, 2.24) is 4.90 Å². The fourth-order valence-electron chi connectivity index (χ4n) is 4.99. The number of benzene rings is 3. The highest BCUT2D eigenvalue weighted by Gasteiger charge is 2.40. The summed E-state index contributed by atoms with van der Waals surface area (Å²) in [6.45, 7) is 10.1. The second kappa shape index (κ2) is 10.3. The van der Waals surface area contributed by atoms with Gasteiger partial charge in [0.25, 0.3) is 5.91 Å². The third-order valence-electron chi connectivity index (χ3n) is 6.96. The number of halogens is 1. The highest BCUT2D eigenvalue weighted by atomic mass is 79.9. The molecule has 4 nitrogen and oxygen atoms in total. The van der Waals surface area contributed by atoms with Gasteiger partial charge in [0.1, 0.15) is 0 Å². The molecule has 37 heavy (non-hydrogen) atoms. The van der Waals surface area contributed by atoms with Crippen molar-refractivity contribution in [2.24, 2.45) is 4.99 Å². The Labute approximate surface area is 231 Å². The van der Waals surface area contributed by atoms with Gasteiger partial charge in [-0.05, 0) is 90.8 Å². The summed E-state index contributed by atoms with van der Waals surface area (Å²) in [6, 6.07) is 25.1. The Morgan fingerprint density at radius 2 is 1.59 bits per heavy atom. The van der Waals surface area contributed by atoms with E-state index in [-0.39, 0.29) is 11.3 Å². The molecule has 0 aromatic heterocycles. The second-order valence-electron chi connectivity index (χ2n) is 9.57. The van der Waals surface area contributed by atoms with Crippen LogP contribution in [-0.4, -0.2) is 29.1 Å². The fourth-order valence-corrected chi connectivity index (χ4v) is 6.26. The second-order valence-corrected chi connectivity index (χ2v) is 11.5. The van der Waals surface area contributed by atoms with Crippen molar-refractivity contribution in [1.29, 1.82) is 0 Å². The number of carbonyl (C=O) groups is 1. The number of amides is 1. The lowest BCUT2D eigenvalue weighted by molar-refractivity contribution is -0.122. The van der Waals surface area contributed by atoms with Crippen molar-refractivity contribution < 1.29 is 4.79 Å². The highest BCUT2D eigenvalue weighted by Crippen LogP contribution is 2.49. The smallest absolute Gasteiger partial charge is 0.266 e. The zero-order valence-electron chi connectivity index (χ0n) is 21.5. The summed E-state index contributed by atoms with van der Waals surface area (Å²) in [5.41, 5.74) is 6.80. The number of hydrogen-bond donors (Lipinski definition) is 0. The van der Waals surface area contributed by atoms with Crippen LogP contribution in [0.3, 0.4) is 0 Å². The van der Waals surface area contributed by atoms with E-state index in [1.807, 2.05) is 43.3 Å². The Hall–Kier alpha value is -3.09. The Bertz CT molecular complexity index is 1420. The monoisotopic (exact) mass is 571 g/mol. The number of hydrogen-bond acceptors (Lipinski definition) is 4. The molecule has 3 aromatic rings. The number of likely N-dealkylation sites (N-methyl/N-ethyl adjacent to an activating group) is 2. The lowest BCUT2D eigenvalue weighted by Gasteiger charge is -2.25. The molecule has 0 N–H and O–H groups in total. The van der Waals surface area contributed by atoms with Gasteiger partial charge in [-0.1, -0.05) is 66.2 Å². The molecule has 2 aliphatic rings. The molecule has 0 atom stereocenters. The molecule has 188 valence electrons. The van der Waals surface area contributed by atoms with E-state index >= 15 is 0 Å². The Balaban J connectivity index is 1.49. The van der Waals surface area contributed by atoms with Gasteiger partial charge in [0.15, 0.2) is 5.17 Å². The number of aliphatic imine (C=N–C) groups is 1.